The number of halogens is 2. The second-order valence-corrected chi connectivity index (χ2v) is 6.47. The van der Waals surface area contributed by atoms with E-state index >= 15 is 0 Å². The van der Waals surface area contributed by atoms with Gasteiger partial charge in [0.25, 0.3) is 5.91 Å². The first-order chi connectivity index (χ1) is 12.3. The van der Waals surface area contributed by atoms with Crippen LogP contribution < -0.4 is 16.0 Å². The fourth-order valence-electron chi connectivity index (χ4n) is 2.88. The molecule has 2 aromatic rings. The molecule has 134 valence electrons. The Labute approximate surface area is 155 Å². The van der Waals surface area contributed by atoms with Gasteiger partial charge in [0, 0.05) is 23.0 Å². The molecule has 3 rings (SSSR count). The van der Waals surface area contributed by atoms with Gasteiger partial charge in [0.1, 0.15) is 11.6 Å². The van der Waals surface area contributed by atoms with Crippen LogP contribution in [0.1, 0.15) is 24.1 Å². The molecule has 4 nitrogen and oxygen atoms in total. The lowest BCUT2D eigenvalue weighted by atomic mass is 9.94. The van der Waals surface area contributed by atoms with E-state index in [-0.39, 0.29) is 16.2 Å². The highest BCUT2D eigenvalue weighted by atomic mass is 32.1. The molecule has 7 heteroatoms. The van der Waals surface area contributed by atoms with Crippen molar-refractivity contribution in [1.29, 1.82) is 0 Å². The number of thiocarbonyl (C=S) groups is 1. The second-order valence-electron chi connectivity index (χ2n) is 6.06. The summed E-state index contributed by atoms with van der Waals surface area (Å²) in [5, 5.41) is 8.85. The van der Waals surface area contributed by atoms with Crippen molar-refractivity contribution in [2.75, 3.05) is 5.32 Å². The minimum Gasteiger partial charge on any atom is -0.351 e. The summed E-state index contributed by atoms with van der Waals surface area (Å²) in [5.41, 5.74) is 2.56. The van der Waals surface area contributed by atoms with Crippen LogP contribution in [0, 0.1) is 18.6 Å². The van der Waals surface area contributed by atoms with Crippen LogP contribution in [0.2, 0.25) is 0 Å². The molecular formula is C19H17F2N3OS. The van der Waals surface area contributed by atoms with Crippen LogP contribution in [0.5, 0.6) is 0 Å². The number of amides is 1. The van der Waals surface area contributed by atoms with Gasteiger partial charge in [-0.3, -0.25) is 4.79 Å². The Morgan fingerprint density at radius 1 is 1.15 bits per heavy atom. The first-order valence-electron chi connectivity index (χ1n) is 7.96. The third kappa shape index (κ3) is 3.72. The number of hydrogen-bond acceptors (Lipinski definition) is 2. The van der Waals surface area contributed by atoms with Gasteiger partial charge in [-0.2, -0.15) is 0 Å². The van der Waals surface area contributed by atoms with Gasteiger partial charge in [0.15, 0.2) is 5.11 Å². The Bertz CT molecular complexity index is 927. The fourth-order valence-corrected chi connectivity index (χ4v) is 3.16. The molecule has 0 bridgehead atoms. The molecule has 0 unspecified atom stereocenters. The standard InChI is InChI=1S/C19H17F2N3OS/c1-10-4-3-5-13(8-10)23-18(25)16-11(2)22-19(26)24-17(16)14-7-6-12(20)9-15(14)21/h3-9,17H,1-2H3,(H,23,25)(H2,22,24,26)/t17-/m1/s1. The van der Waals surface area contributed by atoms with E-state index in [0.29, 0.717) is 11.4 Å². The number of nitrogens with one attached hydrogen (secondary N) is 3. The lowest BCUT2D eigenvalue weighted by molar-refractivity contribution is -0.113. The lowest BCUT2D eigenvalue weighted by Gasteiger charge is -2.30. The maximum Gasteiger partial charge on any atom is 0.255 e. The molecule has 1 atom stereocenters. The number of aryl methyl sites for hydroxylation is 1. The number of carbonyl (C=O) groups excluding carboxylic acids is 1. The van der Waals surface area contributed by atoms with E-state index in [4.69, 9.17) is 12.2 Å². The monoisotopic (exact) mass is 373 g/mol. The highest BCUT2D eigenvalue weighted by molar-refractivity contribution is 7.80. The van der Waals surface area contributed by atoms with E-state index < -0.39 is 23.6 Å². The summed E-state index contributed by atoms with van der Waals surface area (Å²) in [6, 6.07) is 9.76. The molecule has 1 aliphatic rings. The minimum absolute atomic E-state index is 0.143. The van der Waals surface area contributed by atoms with E-state index in [1.165, 1.54) is 6.07 Å². The van der Waals surface area contributed by atoms with E-state index in [2.05, 4.69) is 16.0 Å². The highest BCUT2D eigenvalue weighted by Gasteiger charge is 2.31. The Morgan fingerprint density at radius 2 is 1.92 bits per heavy atom. The van der Waals surface area contributed by atoms with E-state index in [9.17, 15) is 13.6 Å². The maximum atomic E-state index is 14.3. The van der Waals surface area contributed by atoms with Crippen molar-refractivity contribution in [2.24, 2.45) is 0 Å². The summed E-state index contributed by atoms with van der Waals surface area (Å²) < 4.78 is 27.6. The van der Waals surface area contributed by atoms with Crippen LogP contribution in [0.4, 0.5) is 14.5 Å². The molecule has 2 aromatic carbocycles. The van der Waals surface area contributed by atoms with Gasteiger partial charge < -0.3 is 16.0 Å². The maximum absolute atomic E-state index is 14.3. The largest absolute Gasteiger partial charge is 0.351 e. The molecule has 0 aromatic heterocycles. The summed E-state index contributed by atoms with van der Waals surface area (Å²) in [5.74, 6) is -1.83. The van der Waals surface area contributed by atoms with Gasteiger partial charge >= 0.3 is 0 Å². The Hall–Kier alpha value is -2.80. The third-order valence-electron chi connectivity index (χ3n) is 4.06. The number of benzene rings is 2. The Balaban J connectivity index is 1.98. The molecule has 3 N–H and O–H groups in total. The predicted octanol–water partition coefficient (Wildman–Crippen LogP) is 3.70. The molecule has 0 spiro atoms. The number of carbonyl (C=O) groups is 1. The molecule has 0 saturated carbocycles. The average Bonchev–Trinajstić information content (AvgIpc) is 2.53. The number of allylic oxidation sites excluding steroid dienone is 1. The SMILES string of the molecule is CC1=C(C(=O)Nc2cccc(C)c2)[C@@H](c2ccc(F)cc2F)NC(=S)N1. The van der Waals surface area contributed by atoms with Crippen molar-refractivity contribution in [2.45, 2.75) is 19.9 Å². The van der Waals surface area contributed by atoms with Crippen LogP contribution in [0.15, 0.2) is 53.7 Å². The fraction of sp³-hybridized carbons (Fsp3) is 0.158. The van der Waals surface area contributed by atoms with Crippen molar-refractivity contribution in [3.8, 4) is 0 Å². The van der Waals surface area contributed by atoms with Crippen LogP contribution >= 0.6 is 12.2 Å². The van der Waals surface area contributed by atoms with Crippen molar-refractivity contribution in [1.82, 2.24) is 10.6 Å². The van der Waals surface area contributed by atoms with Crippen molar-refractivity contribution in [3.05, 3.63) is 76.5 Å². The zero-order valence-electron chi connectivity index (χ0n) is 14.2. The van der Waals surface area contributed by atoms with Gasteiger partial charge in [0.05, 0.1) is 11.6 Å². The predicted molar refractivity (Wildman–Crippen MR) is 100 cm³/mol. The molecule has 1 heterocycles. The molecule has 0 aliphatic carbocycles. The highest BCUT2D eigenvalue weighted by Crippen LogP contribution is 2.30. The van der Waals surface area contributed by atoms with Crippen molar-refractivity contribution >= 4 is 28.9 Å². The molecule has 26 heavy (non-hydrogen) atoms. The first-order valence-corrected chi connectivity index (χ1v) is 8.37. The zero-order valence-corrected chi connectivity index (χ0v) is 15.0. The quantitative estimate of drug-likeness (QED) is 0.718. The smallest absolute Gasteiger partial charge is 0.255 e. The average molecular weight is 373 g/mol. The Kier molecular flexibility index (Phi) is 4.99. The van der Waals surface area contributed by atoms with Crippen LogP contribution in [0.3, 0.4) is 0 Å². The lowest BCUT2D eigenvalue weighted by Crippen LogP contribution is -2.46. The van der Waals surface area contributed by atoms with Crippen LogP contribution in [-0.2, 0) is 4.79 Å². The normalized spacial score (nSPS) is 16.8. The topological polar surface area (TPSA) is 53.2 Å². The van der Waals surface area contributed by atoms with Gasteiger partial charge in [-0.1, -0.05) is 18.2 Å². The van der Waals surface area contributed by atoms with E-state index in [1.807, 2.05) is 25.1 Å². The van der Waals surface area contributed by atoms with Gasteiger partial charge in [0.2, 0.25) is 0 Å². The van der Waals surface area contributed by atoms with Crippen molar-refractivity contribution < 1.29 is 13.6 Å². The molecule has 1 amide bonds. The van der Waals surface area contributed by atoms with Crippen LogP contribution in [-0.4, -0.2) is 11.0 Å². The summed E-state index contributed by atoms with van der Waals surface area (Å²) >= 11 is 5.13. The number of anilines is 1. The number of hydrogen-bond donors (Lipinski definition) is 3. The minimum atomic E-state index is -0.825. The number of rotatable bonds is 3. The molecule has 0 radical (unpaired) electrons. The molecule has 1 aliphatic heterocycles. The van der Waals surface area contributed by atoms with Crippen LogP contribution in [0.25, 0.3) is 0 Å². The molecule has 0 saturated heterocycles. The van der Waals surface area contributed by atoms with Gasteiger partial charge in [-0.15, -0.1) is 0 Å². The van der Waals surface area contributed by atoms with Crippen molar-refractivity contribution in [3.63, 3.8) is 0 Å². The third-order valence-corrected chi connectivity index (χ3v) is 4.28. The Morgan fingerprint density at radius 3 is 2.62 bits per heavy atom. The summed E-state index contributed by atoms with van der Waals surface area (Å²) in [6.45, 7) is 3.60. The zero-order chi connectivity index (χ0) is 18.8. The second kappa shape index (κ2) is 7.21. The molecular weight excluding hydrogens is 356 g/mol. The summed E-state index contributed by atoms with van der Waals surface area (Å²) in [7, 11) is 0. The van der Waals surface area contributed by atoms with Gasteiger partial charge in [-0.25, -0.2) is 8.78 Å². The van der Waals surface area contributed by atoms with E-state index in [1.54, 1.807) is 13.0 Å². The van der Waals surface area contributed by atoms with Gasteiger partial charge in [-0.05, 0) is 49.8 Å². The first kappa shape index (κ1) is 18.0. The summed E-state index contributed by atoms with van der Waals surface area (Å²) in [4.78, 5) is 12.9. The molecule has 0 fully saturated rings. The summed E-state index contributed by atoms with van der Waals surface area (Å²) in [6.07, 6.45) is 0. The van der Waals surface area contributed by atoms with E-state index in [0.717, 1.165) is 17.7 Å².